The van der Waals surface area contributed by atoms with E-state index in [-0.39, 0.29) is 16.5 Å². The Morgan fingerprint density at radius 3 is 1.95 bits per heavy atom. The summed E-state index contributed by atoms with van der Waals surface area (Å²) in [7, 11) is 0. The van der Waals surface area contributed by atoms with Crippen molar-refractivity contribution in [3.8, 4) is 11.5 Å². The number of nitrogens with one attached hydrogen (secondary N) is 1. The number of hydrogen-bond acceptors (Lipinski definition) is 5. The van der Waals surface area contributed by atoms with Gasteiger partial charge in [-0.1, -0.05) is 18.2 Å². The third-order valence-corrected chi connectivity index (χ3v) is 3.01. The molecule has 5 nitrogen and oxygen atoms in total. The van der Waals surface area contributed by atoms with Crippen molar-refractivity contribution in [1.82, 2.24) is 15.0 Å². The first kappa shape index (κ1) is 14.6. The summed E-state index contributed by atoms with van der Waals surface area (Å²) in [5.74, 6) is 1.78. The number of ether oxygens (including phenoxy) is 1. The van der Waals surface area contributed by atoms with Gasteiger partial charge in [0, 0.05) is 5.69 Å². The van der Waals surface area contributed by atoms with E-state index in [0.29, 0.717) is 0 Å². The van der Waals surface area contributed by atoms with Gasteiger partial charge in [0.1, 0.15) is 11.5 Å². The average molecular weight is 333 g/mol. The second-order valence-corrected chi connectivity index (χ2v) is 4.94. The molecule has 3 rings (SSSR count). The van der Waals surface area contributed by atoms with Gasteiger partial charge in [-0.05, 0) is 59.6 Å². The summed E-state index contributed by atoms with van der Waals surface area (Å²) < 4.78 is 5.71. The van der Waals surface area contributed by atoms with Gasteiger partial charge in [0.15, 0.2) is 0 Å². The molecule has 0 spiro atoms. The van der Waals surface area contributed by atoms with Gasteiger partial charge >= 0.3 is 0 Å². The minimum absolute atomic E-state index is 0.0338. The van der Waals surface area contributed by atoms with Crippen molar-refractivity contribution in [1.29, 1.82) is 0 Å². The molecule has 7 heteroatoms. The number of rotatable bonds is 4. The monoisotopic (exact) mass is 332 g/mol. The van der Waals surface area contributed by atoms with Gasteiger partial charge in [0.25, 0.3) is 0 Å². The Kier molecular flexibility index (Phi) is 4.37. The average Bonchev–Trinajstić information content (AvgIpc) is 2.49. The normalized spacial score (nSPS) is 10.3. The summed E-state index contributed by atoms with van der Waals surface area (Å²) in [6, 6.07) is 16.9. The molecule has 0 aliphatic rings. The van der Waals surface area contributed by atoms with Crippen LogP contribution >= 0.6 is 23.2 Å². The van der Waals surface area contributed by atoms with Crippen LogP contribution in [0.2, 0.25) is 10.6 Å². The lowest BCUT2D eigenvalue weighted by molar-refractivity contribution is 0.483. The zero-order chi connectivity index (χ0) is 15.4. The summed E-state index contributed by atoms with van der Waals surface area (Å²) in [6.45, 7) is 0. The van der Waals surface area contributed by atoms with E-state index in [1.807, 2.05) is 54.6 Å². The number of anilines is 2. The molecule has 0 bridgehead atoms. The van der Waals surface area contributed by atoms with Crippen molar-refractivity contribution >= 4 is 34.8 Å². The second kappa shape index (κ2) is 6.60. The maximum atomic E-state index is 5.73. The van der Waals surface area contributed by atoms with Crippen molar-refractivity contribution in [2.45, 2.75) is 0 Å². The third-order valence-electron chi connectivity index (χ3n) is 2.67. The van der Waals surface area contributed by atoms with Gasteiger partial charge in [-0.3, -0.25) is 0 Å². The van der Waals surface area contributed by atoms with Gasteiger partial charge in [0.05, 0.1) is 0 Å². The highest BCUT2D eigenvalue weighted by atomic mass is 35.5. The van der Waals surface area contributed by atoms with Crippen LogP contribution in [0.3, 0.4) is 0 Å². The van der Waals surface area contributed by atoms with Crippen LogP contribution in [0.15, 0.2) is 54.6 Å². The first-order valence-corrected chi connectivity index (χ1v) is 7.12. The summed E-state index contributed by atoms with van der Waals surface area (Å²) in [5, 5.41) is 3.06. The molecule has 0 aliphatic carbocycles. The molecule has 0 atom stereocenters. The zero-order valence-corrected chi connectivity index (χ0v) is 12.7. The Labute approximate surface area is 136 Å². The van der Waals surface area contributed by atoms with E-state index in [1.54, 1.807) is 0 Å². The van der Waals surface area contributed by atoms with Crippen LogP contribution < -0.4 is 10.1 Å². The molecular weight excluding hydrogens is 323 g/mol. The van der Waals surface area contributed by atoms with Crippen LogP contribution in [0.1, 0.15) is 0 Å². The number of para-hydroxylation sites is 1. The second-order valence-electron chi connectivity index (χ2n) is 4.26. The van der Waals surface area contributed by atoms with E-state index < -0.39 is 0 Å². The quantitative estimate of drug-likeness (QED) is 0.749. The number of hydrogen-bond donors (Lipinski definition) is 1. The number of halogens is 2. The summed E-state index contributed by atoms with van der Waals surface area (Å²) in [6.07, 6.45) is 0. The first-order valence-electron chi connectivity index (χ1n) is 6.36. The molecule has 0 aliphatic heterocycles. The lowest BCUT2D eigenvalue weighted by atomic mass is 10.3. The van der Waals surface area contributed by atoms with Crippen molar-refractivity contribution in [2.75, 3.05) is 5.32 Å². The van der Waals surface area contributed by atoms with E-state index in [0.717, 1.165) is 17.2 Å². The fraction of sp³-hybridized carbons (Fsp3) is 0. The number of aromatic nitrogens is 3. The summed E-state index contributed by atoms with van der Waals surface area (Å²) in [4.78, 5) is 11.6. The maximum absolute atomic E-state index is 5.73. The molecule has 0 saturated carbocycles. The minimum Gasteiger partial charge on any atom is -0.457 e. The lowest BCUT2D eigenvalue weighted by Crippen LogP contribution is -1.99. The van der Waals surface area contributed by atoms with Crippen LogP contribution in [-0.4, -0.2) is 15.0 Å². The van der Waals surface area contributed by atoms with Crippen LogP contribution in [0.25, 0.3) is 0 Å². The standard InChI is InChI=1S/C15H10Cl2N4O/c16-13-19-14(17)21-15(20-13)18-10-6-8-12(9-7-10)22-11-4-2-1-3-5-11/h1-9H,(H,18,19,20,21). The van der Waals surface area contributed by atoms with E-state index in [4.69, 9.17) is 27.9 Å². The Bertz CT molecular complexity index is 746. The minimum atomic E-state index is 0.0338. The summed E-state index contributed by atoms with van der Waals surface area (Å²) >= 11 is 11.5. The van der Waals surface area contributed by atoms with Gasteiger partial charge in [0.2, 0.25) is 16.5 Å². The Balaban J connectivity index is 1.71. The third kappa shape index (κ3) is 3.84. The maximum Gasteiger partial charge on any atom is 0.232 e. The summed E-state index contributed by atoms with van der Waals surface area (Å²) in [5.41, 5.74) is 0.777. The molecule has 0 saturated heterocycles. The first-order chi connectivity index (χ1) is 10.7. The SMILES string of the molecule is Clc1nc(Cl)nc(Nc2ccc(Oc3ccccc3)cc2)n1. The Morgan fingerprint density at radius 2 is 1.32 bits per heavy atom. The smallest absolute Gasteiger partial charge is 0.232 e. The van der Waals surface area contributed by atoms with Crippen LogP contribution in [-0.2, 0) is 0 Å². The molecule has 3 aromatic rings. The molecule has 1 aromatic heterocycles. The van der Waals surface area contributed by atoms with E-state index >= 15 is 0 Å². The van der Waals surface area contributed by atoms with Crippen LogP contribution in [0.5, 0.6) is 11.5 Å². The topological polar surface area (TPSA) is 59.9 Å². The molecule has 0 unspecified atom stereocenters. The van der Waals surface area contributed by atoms with E-state index in [9.17, 15) is 0 Å². The molecule has 1 N–H and O–H groups in total. The van der Waals surface area contributed by atoms with Gasteiger partial charge in [-0.25, -0.2) is 0 Å². The molecule has 0 radical (unpaired) electrons. The van der Waals surface area contributed by atoms with Gasteiger partial charge in [-0.15, -0.1) is 0 Å². The Morgan fingerprint density at radius 1 is 0.727 bits per heavy atom. The van der Waals surface area contributed by atoms with Crippen molar-refractivity contribution in [3.63, 3.8) is 0 Å². The van der Waals surface area contributed by atoms with Crippen LogP contribution in [0.4, 0.5) is 11.6 Å². The highest BCUT2D eigenvalue weighted by molar-refractivity contribution is 6.31. The van der Waals surface area contributed by atoms with E-state index in [2.05, 4.69) is 20.3 Å². The van der Waals surface area contributed by atoms with Crippen LogP contribution in [0, 0.1) is 0 Å². The molecule has 1 heterocycles. The Hall–Kier alpha value is -2.37. The van der Waals surface area contributed by atoms with Gasteiger partial charge < -0.3 is 10.1 Å². The fourth-order valence-corrected chi connectivity index (χ4v) is 2.11. The van der Waals surface area contributed by atoms with Crippen molar-refractivity contribution in [2.24, 2.45) is 0 Å². The molecule has 22 heavy (non-hydrogen) atoms. The fourth-order valence-electron chi connectivity index (χ4n) is 1.74. The molecule has 0 amide bonds. The number of nitrogens with zero attached hydrogens (tertiary/aromatic N) is 3. The lowest BCUT2D eigenvalue weighted by Gasteiger charge is -2.08. The predicted octanol–water partition coefficient (Wildman–Crippen LogP) is 4.71. The highest BCUT2D eigenvalue weighted by Crippen LogP contribution is 2.24. The highest BCUT2D eigenvalue weighted by Gasteiger charge is 2.04. The van der Waals surface area contributed by atoms with E-state index in [1.165, 1.54) is 0 Å². The largest absolute Gasteiger partial charge is 0.457 e. The molecular formula is C15H10Cl2N4O. The molecule has 2 aromatic carbocycles. The molecule has 0 fully saturated rings. The molecule has 110 valence electrons. The zero-order valence-electron chi connectivity index (χ0n) is 11.2. The van der Waals surface area contributed by atoms with Crippen molar-refractivity contribution in [3.05, 3.63) is 65.2 Å². The number of benzene rings is 2. The van der Waals surface area contributed by atoms with Crippen molar-refractivity contribution < 1.29 is 4.74 Å². The predicted molar refractivity (Wildman–Crippen MR) is 86.1 cm³/mol. The van der Waals surface area contributed by atoms with Gasteiger partial charge in [-0.2, -0.15) is 15.0 Å².